The summed E-state index contributed by atoms with van der Waals surface area (Å²) in [6, 6.07) is 6.40. The van der Waals surface area contributed by atoms with Crippen molar-refractivity contribution >= 4 is 11.6 Å². The van der Waals surface area contributed by atoms with Crippen LogP contribution in [0.1, 0.15) is 25.8 Å². The Hall–Kier alpha value is -1.91. The van der Waals surface area contributed by atoms with E-state index in [9.17, 15) is 9.18 Å². The predicted molar refractivity (Wildman–Crippen MR) is 74.9 cm³/mol. The van der Waals surface area contributed by atoms with Gasteiger partial charge in [0.05, 0.1) is 5.71 Å². The Morgan fingerprint density at radius 1 is 1.45 bits per heavy atom. The molecular weight excluding hydrogens is 259 g/mol. The van der Waals surface area contributed by atoms with E-state index in [0.29, 0.717) is 12.8 Å². The molecule has 0 spiro atoms. The van der Waals surface area contributed by atoms with E-state index < -0.39 is 6.10 Å². The maximum atomic E-state index is 12.8. The van der Waals surface area contributed by atoms with Crippen LogP contribution in [0.3, 0.4) is 0 Å². The second-order valence-electron chi connectivity index (χ2n) is 5.30. The minimum atomic E-state index is -0.530. The Morgan fingerprint density at radius 2 is 2.10 bits per heavy atom. The number of nitrogens with zero attached hydrogens (tertiary/aromatic N) is 2. The molecule has 1 amide bonds. The van der Waals surface area contributed by atoms with Gasteiger partial charge in [0.2, 0.25) is 6.10 Å². The molecule has 0 unspecified atom stereocenters. The van der Waals surface area contributed by atoms with Crippen molar-refractivity contribution in [1.29, 1.82) is 0 Å². The molecule has 0 radical (unpaired) electrons. The van der Waals surface area contributed by atoms with Gasteiger partial charge in [0.1, 0.15) is 5.82 Å². The van der Waals surface area contributed by atoms with E-state index in [0.717, 1.165) is 11.3 Å². The second kappa shape index (κ2) is 6.03. The predicted octanol–water partition coefficient (Wildman–Crippen LogP) is 2.38. The Labute approximate surface area is 118 Å². The number of carbonyl (C=O) groups excluding carboxylic acids is 1. The molecule has 1 atom stereocenters. The molecule has 0 bridgehead atoms. The van der Waals surface area contributed by atoms with E-state index in [1.165, 1.54) is 12.1 Å². The quantitative estimate of drug-likeness (QED) is 0.848. The molecular formula is C15H19FN2O2. The van der Waals surface area contributed by atoms with Crippen LogP contribution >= 0.6 is 0 Å². The van der Waals surface area contributed by atoms with Crippen LogP contribution in [-0.2, 0) is 16.1 Å². The fourth-order valence-electron chi connectivity index (χ4n) is 1.98. The number of hydrogen-bond acceptors (Lipinski definition) is 3. The highest BCUT2D eigenvalue weighted by atomic mass is 19.1. The first-order chi connectivity index (χ1) is 9.47. The molecule has 1 heterocycles. The minimum absolute atomic E-state index is 0.0575. The number of benzene rings is 1. The summed E-state index contributed by atoms with van der Waals surface area (Å²) in [6.45, 7) is 3.90. The number of oxime groups is 1. The molecule has 0 N–H and O–H groups in total. The molecule has 0 fully saturated rings. The van der Waals surface area contributed by atoms with Crippen molar-refractivity contribution in [2.45, 2.75) is 38.8 Å². The van der Waals surface area contributed by atoms with Crippen LogP contribution in [0, 0.1) is 5.82 Å². The number of amides is 1. The van der Waals surface area contributed by atoms with E-state index in [-0.39, 0.29) is 17.8 Å². The van der Waals surface area contributed by atoms with Crippen LogP contribution in [-0.4, -0.2) is 35.7 Å². The summed E-state index contributed by atoms with van der Waals surface area (Å²) in [4.78, 5) is 19.0. The summed E-state index contributed by atoms with van der Waals surface area (Å²) in [7, 11) is 1.76. The SMILES string of the molecule is CC(C)N(C)C(=O)[C@H]1CC(Cc2ccc(F)cc2)=NO1. The lowest BCUT2D eigenvalue weighted by atomic mass is 10.0. The summed E-state index contributed by atoms with van der Waals surface area (Å²) in [5, 5.41) is 3.97. The van der Waals surface area contributed by atoms with Crippen molar-refractivity contribution in [3.63, 3.8) is 0 Å². The fraction of sp³-hybridized carbons (Fsp3) is 0.467. The van der Waals surface area contributed by atoms with Gasteiger partial charge in [-0.3, -0.25) is 4.79 Å². The van der Waals surface area contributed by atoms with Crippen LogP contribution in [0.25, 0.3) is 0 Å². The molecule has 1 aromatic carbocycles. The molecule has 1 aliphatic heterocycles. The summed E-state index contributed by atoms with van der Waals surface area (Å²) >= 11 is 0. The smallest absolute Gasteiger partial charge is 0.266 e. The third-order valence-corrected chi connectivity index (χ3v) is 3.45. The largest absolute Gasteiger partial charge is 0.382 e. The number of rotatable bonds is 4. The van der Waals surface area contributed by atoms with Gasteiger partial charge in [0.25, 0.3) is 5.91 Å². The van der Waals surface area contributed by atoms with Crippen LogP contribution in [0.5, 0.6) is 0 Å². The van der Waals surface area contributed by atoms with Crippen LogP contribution in [0.4, 0.5) is 4.39 Å². The zero-order valence-electron chi connectivity index (χ0n) is 12.0. The molecule has 2 rings (SSSR count). The highest BCUT2D eigenvalue weighted by Crippen LogP contribution is 2.17. The van der Waals surface area contributed by atoms with Gasteiger partial charge in [-0.1, -0.05) is 17.3 Å². The van der Waals surface area contributed by atoms with Crippen molar-refractivity contribution in [3.8, 4) is 0 Å². The zero-order valence-corrected chi connectivity index (χ0v) is 12.0. The van der Waals surface area contributed by atoms with Gasteiger partial charge in [0, 0.05) is 25.9 Å². The molecule has 0 aliphatic carbocycles. The third kappa shape index (κ3) is 3.35. The Balaban J connectivity index is 1.92. The fourth-order valence-corrected chi connectivity index (χ4v) is 1.98. The molecule has 5 heteroatoms. The van der Waals surface area contributed by atoms with Crippen molar-refractivity contribution in [3.05, 3.63) is 35.6 Å². The Kier molecular flexibility index (Phi) is 4.37. The zero-order chi connectivity index (χ0) is 14.7. The maximum absolute atomic E-state index is 12.8. The lowest BCUT2D eigenvalue weighted by molar-refractivity contribution is -0.142. The maximum Gasteiger partial charge on any atom is 0.266 e. The van der Waals surface area contributed by atoms with Crippen LogP contribution in [0.2, 0.25) is 0 Å². The molecule has 0 saturated heterocycles. The first kappa shape index (κ1) is 14.5. The number of halogens is 1. The van der Waals surface area contributed by atoms with E-state index >= 15 is 0 Å². The molecule has 1 aliphatic rings. The number of hydrogen-bond donors (Lipinski definition) is 0. The van der Waals surface area contributed by atoms with E-state index in [2.05, 4.69) is 5.16 Å². The van der Waals surface area contributed by atoms with Crippen molar-refractivity contribution < 1.29 is 14.0 Å². The Bertz CT molecular complexity index is 511. The first-order valence-corrected chi connectivity index (χ1v) is 6.70. The number of carbonyl (C=O) groups is 1. The second-order valence-corrected chi connectivity index (χ2v) is 5.30. The summed E-state index contributed by atoms with van der Waals surface area (Å²) in [5.41, 5.74) is 1.77. The summed E-state index contributed by atoms with van der Waals surface area (Å²) < 4.78 is 12.8. The van der Waals surface area contributed by atoms with Crippen molar-refractivity contribution in [1.82, 2.24) is 4.90 Å². The van der Waals surface area contributed by atoms with E-state index in [1.54, 1.807) is 24.1 Å². The third-order valence-electron chi connectivity index (χ3n) is 3.45. The molecule has 4 nitrogen and oxygen atoms in total. The lowest BCUT2D eigenvalue weighted by Crippen LogP contribution is -2.40. The normalized spacial score (nSPS) is 17.9. The molecule has 0 saturated carbocycles. The van der Waals surface area contributed by atoms with Gasteiger partial charge in [-0.2, -0.15) is 0 Å². The first-order valence-electron chi connectivity index (χ1n) is 6.70. The molecule has 0 aromatic heterocycles. The highest BCUT2D eigenvalue weighted by molar-refractivity contribution is 5.93. The van der Waals surface area contributed by atoms with Gasteiger partial charge in [0.15, 0.2) is 0 Å². The lowest BCUT2D eigenvalue weighted by Gasteiger charge is -2.23. The molecule has 1 aromatic rings. The Morgan fingerprint density at radius 3 is 2.70 bits per heavy atom. The highest BCUT2D eigenvalue weighted by Gasteiger charge is 2.31. The average Bonchev–Trinajstić information content (AvgIpc) is 2.88. The standard InChI is InChI=1S/C15H19FN2O2/c1-10(2)18(3)15(19)14-9-13(17-20-14)8-11-4-6-12(16)7-5-11/h4-7,10,14H,8-9H2,1-3H3/t14-/m1/s1. The summed E-state index contributed by atoms with van der Waals surface area (Å²) in [6.07, 6.45) is 0.542. The molecule has 108 valence electrons. The van der Waals surface area contributed by atoms with Crippen LogP contribution in [0.15, 0.2) is 29.4 Å². The van der Waals surface area contributed by atoms with Gasteiger partial charge in [-0.05, 0) is 31.5 Å². The van der Waals surface area contributed by atoms with Gasteiger partial charge in [-0.25, -0.2) is 4.39 Å². The monoisotopic (exact) mass is 278 g/mol. The minimum Gasteiger partial charge on any atom is -0.382 e. The van der Waals surface area contributed by atoms with Crippen molar-refractivity contribution in [2.24, 2.45) is 5.16 Å². The molecule has 20 heavy (non-hydrogen) atoms. The van der Waals surface area contributed by atoms with E-state index in [1.807, 2.05) is 13.8 Å². The van der Waals surface area contributed by atoms with Crippen molar-refractivity contribution in [2.75, 3.05) is 7.05 Å². The topological polar surface area (TPSA) is 41.9 Å². The van der Waals surface area contributed by atoms with Gasteiger partial charge >= 0.3 is 0 Å². The van der Waals surface area contributed by atoms with Gasteiger partial charge < -0.3 is 9.74 Å². The summed E-state index contributed by atoms with van der Waals surface area (Å²) in [5.74, 6) is -0.317. The van der Waals surface area contributed by atoms with Gasteiger partial charge in [-0.15, -0.1) is 0 Å². The van der Waals surface area contributed by atoms with Crippen LogP contribution < -0.4 is 0 Å². The number of likely N-dealkylation sites (N-methyl/N-ethyl adjacent to an activating group) is 1. The average molecular weight is 278 g/mol. The van der Waals surface area contributed by atoms with E-state index in [4.69, 9.17) is 4.84 Å².